The highest BCUT2D eigenvalue weighted by Crippen LogP contribution is 2.60. The number of carbonyl (C=O) groups excluding carboxylic acids is 2. The van der Waals surface area contributed by atoms with Gasteiger partial charge in [0.2, 0.25) is 12.5 Å². The number of amides is 1. The van der Waals surface area contributed by atoms with Gasteiger partial charge in [-0.2, -0.15) is 5.26 Å². The fourth-order valence-corrected chi connectivity index (χ4v) is 16.0. The normalized spacial score (nSPS) is 29.3. The first-order chi connectivity index (χ1) is 61.6. The quantitative estimate of drug-likeness (QED) is 0.0108. The van der Waals surface area contributed by atoms with Gasteiger partial charge in [-0.25, -0.2) is 6.57 Å². The van der Waals surface area contributed by atoms with Gasteiger partial charge in [-0.05, 0) is 156 Å². The van der Waals surface area contributed by atoms with Crippen LogP contribution in [-0.2, 0) is 113 Å². The largest absolute Gasteiger partial charge is 0.457 e. The monoisotopic (exact) mass is 1950 g/mol. The molecule has 0 aromatic heterocycles. The maximum Gasteiger partial charge on any atom is 0.306 e. The lowest BCUT2D eigenvalue weighted by molar-refractivity contribution is -0.161. The van der Waals surface area contributed by atoms with Gasteiger partial charge >= 0.3 is 5.97 Å². The van der Waals surface area contributed by atoms with Crippen LogP contribution in [0.5, 0.6) is 0 Å². The fraction of sp³-hybridized carbons (Fsp3) is 0.956. The number of aliphatic hydroxyl groups is 5. The molecule has 12 radical (unpaired) electrons. The third kappa shape index (κ3) is 53.4. The van der Waals surface area contributed by atoms with Gasteiger partial charge in [0.25, 0.3) is 0 Å². The molecule has 26 atom stereocenters. The Labute approximate surface area is 816 Å². The summed E-state index contributed by atoms with van der Waals surface area (Å²) in [6.45, 7) is 61.0. The first-order valence-electron chi connectivity index (χ1n) is 46.4. The number of aliphatic hydroxyl groups excluding tert-OH is 5. The highest BCUT2D eigenvalue weighted by molar-refractivity contribution is 7.91. The predicted molar refractivity (Wildman–Crippen MR) is 526 cm³/mol. The van der Waals surface area contributed by atoms with E-state index < -0.39 is 129 Å². The zero-order valence-electron chi connectivity index (χ0n) is 87.6. The SMILES string of the molecule is CC(C)N=P(Cl)(CCC#N)C(C)C.CCC(C)(C)OC.COCC(C)(C)OC.[B][C@@H]1O[C@H](CC)C(O)[C@@H]1O.[B][C@@H]1O[C@H](CC)C(O)[C@@H]1OCC(C)(C)OC.[B][C@@H]1O[C@H](CC)C(O)[C@@H]1OCC(C)(C)OC.[B][C@@H]1O[C@H](CC)C(O)[C@@H]1OCC(C)(C)OC.[B][C@@H]1O[C@H](CC)C(OC(=O)CCC(=O)NC)[C@@H]1OCC(C)(C)OC.[B][C@@H]1O[C@H](CC)C(OP(C)OCC[N+]#[C-])[C@@H]1OCC(C)(C)OC. The van der Waals surface area contributed by atoms with Crippen LogP contribution in [-0.4, -0.2) is 411 Å². The molecule has 0 aromatic carbocycles. The van der Waals surface area contributed by atoms with E-state index in [1.807, 2.05) is 145 Å². The molecule has 0 saturated carbocycles. The van der Waals surface area contributed by atoms with Crippen LogP contribution in [0.15, 0.2) is 4.74 Å². The third-order valence-electron chi connectivity index (χ3n) is 22.6. The number of hydrogen-bond acceptors (Lipinski definition) is 31. The molecule has 768 valence electrons. The molecule has 0 aromatic rings. The van der Waals surface area contributed by atoms with Gasteiger partial charge in [-0.1, -0.05) is 73.6 Å². The molecular weight excluding hydrogens is 1780 g/mol. The van der Waals surface area contributed by atoms with Gasteiger partial charge in [0, 0.05) is 137 Å². The van der Waals surface area contributed by atoms with Crippen molar-refractivity contribution in [2.24, 2.45) is 4.74 Å². The summed E-state index contributed by atoms with van der Waals surface area (Å²) in [5, 5.41) is 59.0. The number of nitrogens with one attached hydrogen (secondary N) is 1. The van der Waals surface area contributed by atoms with Gasteiger partial charge in [0.05, 0.1) is 140 Å². The van der Waals surface area contributed by atoms with Gasteiger partial charge in [-0.15, -0.1) is 0 Å². The van der Waals surface area contributed by atoms with Crippen LogP contribution in [0.3, 0.4) is 0 Å². The molecule has 0 spiro atoms. The van der Waals surface area contributed by atoms with Crippen LogP contribution in [0.2, 0.25) is 0 Å². The summed E-state index contributed by atoms with van der Waals surface area (Å²) in [6, 6.07) is -1.22. The van der Waals surface area contributed by atoms with E-state index in [9.17, 15) is 30.0 Å². The molecule has 6 fully saturated rings. The van der Waals surface area contributed by atoms with Crippen molar-refractivity contribution in [3.05, 3.63) is 11.4 Å². The average Bonchev–Trinajstić information content (AvgIpc) is 1.67. The molecule has 33 nitrogen and oxygen atoms in total. The second-order valence-electron chi connectivity index (χ2n) is 37.7. The van der Waals surface area contributed by atoms with Crippen LogP contribution in [0, 0.1) is 17.9 Å². The maximum absolute atomic E-state index is 12.0. The number of esters is 1. The summed E-state index contributed by atoms with van der Waals surface area (Å²) in [5.74, 6) is -0.688. The molecule has 6 rings (SSSR count). The van der Waals surface area contributed by atoms with Crippen molar-refractivity contribution in [1.82, 2.24) is 5.32 Å². The van der Waals surface area contributed by atoms with Crippen molar-refractivity contribution < 1.29 is 139 Å². The van der Waals surface area contributed by atoms with E-state index in [4.69, 9.17) is 179 Å². The summed E-state index contributed by atoms with van der Waals surface area (Å²) in [6.07, 6.45) is -3.50. The summed E-state index contributed by atoms with van der Waals surface area (Å²) in [5.41, 5.74) is -1.72. The Morgan fingerprint density at radius 3 is 1.02 bits per heavy atom. The van der Waals surface area contributed by atoms with E-state index >= 15 is 0 Å². The molecule has 42 heteroatoms. The second-order valence-corrected chi connectivity index (χ2v) is 43.9. The van der Waals surface area contributed by atoms with E-state index in [0.717, 1.165) is 38.3 Å². The van der Waals surface area contributed by atoms with Crippen molar-refractivity contribution in [1.29, 1.82) is 5.26 Å². The standard InChI is InChI=1S/C16H28BNO6.C15H27BNO5P.3C11H21BO4.C9H18ClN2P.C6H11BO3.C6H14O2.C6H14O/c1-6-10-13(24-12(20)8-7-11(19)18-4)14(15(17)23-10)22-9-16(2,3)21-5;1-7-11-12(22-23(6)20-9-8-17-4)13(14(16)21-11)19-10-15(2,3)18-5;3*1-5-7-8(13)9(10(12)16-7)15-6-11(2,3)14-4;1-8(2)12-13(10,9(3)4)7-5-6-11;1-2-3-4(8)5(9)6(7)10-3;1-6(2,8-4)5-7-3;1-5-6(2,3)7-4/h10,13-15H,6-9H2,1-5H3,(H,18,19);11-14H,7-10H2,1-3,5-6H3;3*7-10,13H,5-6H2,1-4H3;8-9H,5,7H2,1-4H3;3-6,8-9H,2H2,1H3;5H2,1-4H3;5H2,1-4H3/t10-,13?,14+,15-;11-,12?,13+,14-,23?;3*7-,8?,9+,10-;;3-,4?,5+,6-;;/m11111.1../s1. The summed E-state index contributed by atoms with van der Waals surface area (Å²) >= 11 is 6.44. The highest BCUT2D eigenvalue weighted by Gasteiger charge is 2.49. The summed E-state index contributed by atoms with van der Waals surface area (Å²) in [7, 11) is 48.2. The number of halogens is 1. The molecule has 6 heterocycles. The maximum atomic E-state index is 12.0. The Morgan fingerprint density at radius 2 is 0.767 bits per heavy atom. The lowest BCUT2D eigenvalue weighted by atomic mass is 9.92. The smallest absolute Gasteiger partial charge is 0.306 e. The predicted octanol–water partition coefficient (Wildman–Crippen LogP) is 10.2. The molecule has 1 amide bonds. The fourth-order valence-electron chi connectivity index (χ4n) is 12.2. The van der Waals surface area contributed by atoms with Crippen LogP contribution in [0.25, 0.3) is 4.85 Å². The number of methoxy groups -OCH3 is 8. The Bertz CT molecular complexity index is 3070. The first-order valence-corrected chi connectivity index (χ1v) is 50.9. The molecule has 133 heavy (non-hydrogen) atoms. The van der Waals surface area contributed by atoms with E-state index in [-0.39, 0.29) is 108 Å². The van der Waals surface area contributed by atoms with Gasteiger partial charge in [0.15, 0.2) is 14.5 Å². The third-order valence-corrected chi connectivity index (χ3v) is 28.9. The number of nitriles is 1. The van der Waals surface area contributed by atoms with Crippen LogP contribution >= 0.6 is 26.0 Å². The number of ether oxygens (including phenoxy) is 20. The van der Waals surface area contributed by atoms with Gasteiger partial charge < -0.3 is 139 Å². The molecule has 6 N–H and O–H groups in total. The average molecular weight is 1950 g/mol. The molecule has 0 aliphatic carbocycles. The van der Waals surface area contributed by atoms with Crippen molar-refractivity contribution in [3.8, 4) is 6.07 Å². The van der Waals surface area contributed by atoms with Crippen molar-refractivity contribution in [3.63, 3.8) is 0 Å². The number of rotatable bonds is 44. The molecule has 6 aliphatic heterocycles. The Morgan fingerprint density at radius 1 is 0.466 bits per heavy atom. The van der Waals surface area contributed by atoms with E-state index in [0.29, 0.717) is 71.1 Å². The Kier molecular flexibility index (Phi) is 69.7. The van der Waals surface area contributed by atoms with Crippen LogP contribution in [0.4, 0.5) is 0 Å². The topological polar surface area (TPSA) is 391 Å². The molecule has 6 aliphatic rings. The Hall–Kier alpha value is -1.78. The molecule has 6 saturated heterocycles. The molecule has 0 bridgehead atoms. The van der Waals surface area contributed by atoms with Gasteiger partial charge in [0.1, 0.15) is 115 Å². The minimum atomic E-state index is -1.74. The summed E-state index contributed by atoms with van der Waals surface area (Å²) in [4.78, 5) is 26.5. The minimum Gasteiger partial charge on any atom is -0.457 e. The number of hydrogen-bond donors (Lipinski definition) is 6. The van der Waals surface area contributed by atoms with Crippen LogP contribution in [0.1, 0.15) is 237 Å². The minimum absolute atomic E-state index is 0.00186. The number of carbonyl (C=O) groups is 2. The zero-order chi connectivity index (χ0) is 104. The van der Waals surface area contributed by atoms with E-state index in [1.54, 1.807) is 56.9 Å². The summed E-state index contributed by atoms with van der Waals surface area (Å²) < 4.78 is 124. The zero-order valence-corrected chi connectivity index (χ0v) is 90.1. The lowest BCUT2D eigenvalue weighted by Crippen LogP contribution is -2.42. The molecule has 8 unspecified atom stereocenters. The van der Waals surface area contributed by atoms with E-state index in [1.165, 1.54) is 7.05 Å². The molecular formula is C91H175B6ClN4O29P2. The van der Waals surface area contributed by atoms with Crippen molar-refractivity contribution >= 4 is 85.0 Å². The second kappa shape index (κ2) is 68.5. The van der Waals surface area contributed by atoms with Crippen LogP contribution < -0.4 is 5.32 Å². The Balaban J connectivity index is -0.00000146. The van der Waals surface area contributed by atoms with Crippen molar-refractivity contribution in [2.45, 2.75) is 434 Å². The number of nitrogens with zero attached hydrogens (tertiary/aromatic N) is 3. The van der Waals surface area contributed by atoms with Gasteiger partial charge in [-0.3, -0.25) is 14.3 Å². The van der Waals surface area contributed by atoms with E-state index in [2.05, 4.69) is 55.6 Å². The highest BCUT2D eigenvalue weighted by atomic mass is 35.7. The lowest BCUT2D eigenvalue weighted by Gasteiger charge is -2.30. The first kappa shape index (κ1) is 135. The van der Waals surface area contributed by atoms with Crippen molar-refractivity contribution in [2.75, 3.05) is 130 Å².